The fraction of sp³-hybridized carbons (Fsp3) is 0.188. The maximum absolute atomic E-state index is 11.9. The van der Waals surface area contributed by atoms with Crippen LogP contribution in [0.2, 0.25) is 0 Å². The molecule has 0 unspecified atom stereocenters. The van der Waals surface area contributed by atoms with Crippen molar-refractivity contribution in [2.45, 2.75) is 13.5 Å². The highest BCUT2D eigenvalue weighted by Gasteiger charge is 2.04. The summed E-state index contributed by atoms with van der Waals surface area (Å²) in [6.07, 6.45) is 5.28. The van der Waals surface area contributed by atoms with Crippen LogP contribution in [0.15, 0.2) is 53.7 Å². The Morgan fingerprint density at radius 3 is 2.76 bits per heavy atom. The fourth-order valence-corrected chi connectivity index (χ4v) is 2.28. The van der Waals surface area contributed by atoms with Gasteiger partial charge in [-0.2, -0.15) is 0 Å². The van der Waals surface area contributed by atoms with Crippen LogP contribution < -0.4 is 10.7 Å². The third-order valence-corrected chi connectivity index (χ3v) is 3.28. The average molecular weight is 280 g/mol. The Bertz CT molecular complexity index is 808. The maximum atomic E-state index is 11.9. The monoisotopic (exact) mass is 280 g/mol. The van der Waals surface area contributed by atoms with Crippen LogP contribution in [0.25, 0.3) is 10.9 Å². The van der Waals surface area contributed by atoms with Crippen LogP contribution in [0.4, 0.5) is 5.82 Å². The second-order valence-electron chi connectivity index (χ2n) is 4.75. The van der Waals surface area contributed by atoms with Gasteiger partial charge < -0.3 is 9.88 Å². The third kappa shape index (κ3) is 2.76. The Balaban J connectivity index is 1.95. The Morgan fingerprint density at radius 2 is 2.00 bits per heavy atom. The minimum absolute atomic E-state index is 0.0374. The van der Waals surface area contributed by atoms with Gasteiger partial charge in [0.25, 0.3) is 0 Å². The summed E-state index contributed by atoms with van der Waals surface area (Å²) in [5, 5.41) is 3.83. The largest absolute Gasteiger partial charge is 0.369 e. The topological polar surface area (TPSA) is 59.8 Å². The first-order valence-electron chi connectivity index (χ1n) is 6.91. The summed E-state index contributed by atoms with van der Waals surface area (Å²) >= 11 is 0. The van der Waals surface area contributed by atoms with Crippen LogP contribution in [0.1, 0.15) is 12.6 Å². The first-order valence-corrected chi connectivity index (χ1v) is 6.91. The van der Waals surface area contributed by atoms with Crippen LogP contribution in [-0.4, -0.2) is 21.1 Å². The van der Waals surface area contributed by atoms with Gasteiger partial charge in [0.05, 0.1) is 30.1 Å². The first kappa shape index (κ1) is 13.3. The molecule has 106 valence electrons. The molecule has 0 fully saturated rings. The van der Waals surface area contributed by atoms with E-state index in [1.807, 2.05) is 35.8 Å². The zero-order valence-corrected chi connectivity index (χ0v) is 11.8. The van der Waals surface area contributed by atoms with Gasteiger partial charge in [-0.15, -0.1) is 0 Å². The molecule has 0 spiro atoms. The zero-order valence-electron chi connectivity index (χ0n) is 11.8. The molecule has 0 aliphatic rings. The molecule has 1 N–H and O–H groups in total. The molecule has 2 aromatic heterocycles. The van der Waals surface area contributed by atoms with Crippen LogP contribution in [0.5, 0.6) is 0 Å². The molecule has 0 saturated heterocycles. The van der Waals surface area contributed by atoms with Crippen LogP contribution in [0.3, 0.4) is 0 Å². The number of fused-ring (bicyclic) bond motifs is 1. The quantitative estimate of drug-likeness (QED) is 0.796. The van der Waals surface area contributed by atoms with E-state index in [1.54, 1.807) is 24.7 Å². The van der Waals surface area contributed by atoms with Crippen LogP contribution in [-0.2, 0) is 6.54 Å². The van der Waals surface area contributed by atoms with Crippen molar-refractivity contribution in [3.63, 3.8) is 0 Å². The van der Waals surface area contributed by atoms with Crippen LogP contribution >= 0.6 is 0 Å². The number of aromatic nitrogens is 3. The summed E-state index contributed by atoms with van der Waals surface area (Å²) < 4.78 is 2.01. The molecule has 2 heterocycles. The summed E-state index contributed by atoms with van der Waals surface area (Å²) in [6, 6.07) is 9.17. The molecular formula is C16H16N4O. The molecule has 3 rings (SSSR count). The third-order valence-electron chi connectivity index (χ3n) is 3.28. The molecule has 0 saturated carbocycles. The number of nitrogens with one attached hydrogen (secondary N) is 1. The van der Waals surface area contributed by atoms with E-state index >= 15 is 0 Å². The predicted molar refractivity (Wildman–Crippen MR) is 83.5 cm³/mol. The van der Waals surface area contributed by atoms with Gasteiger partial charge in [-0.25, -0.2) is 4.98 Å². The molecule has 0 atom stereocenters. The first-order chi connectivity index (χ1) is 10.3. The molecule has 0 aliphatic carbocycles. The number of para-hydroxylation sites is 1. The number of hydrogen-bond acceptors (Lipinski definition) is 4. The van der Waals surface area contributed by atoms with E-state index < -0.39 is 0 Å². The van der Waals surface area contributed by atoms with Gasteiger partial charge in [0.15, 0.2) is 5.43 Å². The summed E-state index contributed by atoms with van der Waals surface area (Å²) in [5.74, 6) is 0.769. The van der Waals surface area contributed by atoms with E-state index in [0.717, 1.165) is 29.0 Å². The van der Waals surface area contributed by atoms with Crippen LogP contribution in [0, 0.1) is 0 Å². The summed E-state index contributed by atoms with van der Waals surface area (Å²) in [6.45, 7) is 3.42. The minimum Gasteiger partial charge on any atom is -0.369 e. The smallest absolute Gasteiger partial charge is 0.189 e. The van der Waals surface area contributed by atoms with Gasteiger partial charge in [0, 0.05) is 24.2 Å². The number of nitrogens with zero attached hydrogens (tertiary/aromatic N) is 3. The minimum atomic E-state index is 0.0374. The lowest BCUT2D eigenvalue weighted by Crippen LogP contribution is -2.10. The molecule has 1 aromatic carbocycles. The number of rotatable bonds is 4. The van der Waals surface area contributed by atoms with E-state index in [4.69, 9.17) is 0 Å². The van der Waals surface area contributed by atoms with E-state index in [9.17, 15) is 4.79 Å². The number of hydrogen-bond donors (Lipinski definition) is 1. The highest BCUT2D eigenvalue weighted by atomic mass is 16.1. The molecular weight excluding hydrogens is 264 g/mol. The summed E-state index contributed by atoms with van der Waals surface area (Å²) in [5.41, 5.74) is 1.79. The summed E-state index contributed by atoms with van der Waals surface area (Å²) in [7, 11) is 0. The highest BCUT2D eigenvalue weighted by molar-refractivity contribution is 5.78. The predicted octanol–water partition coefficient (Wildman–Crippen LogP) is 2.27. The van der Waals surface area contributed by atoms with Crippen molar-refractivity contribution in [3.8, 4) is 0 Å². The molecule has 21 heavy (non-hydrogen) atoms. The van der Waals surface area contributed by atoms with Crippen molar-refractivity contribution in [2.75, 3.05) is 11.9 Å². The van der Waals surface area contributed by atoms with Gasteiger partial charge in [0.1, 0.15) is 5.82 Å². The van der Waals surface area contributed by atoms with Crippen molar-refractivity contribution >= 4 is 16.7 Å². The molecule has 5 nitrogen and oxygen atoms in total. The SMILES string of the molecule is CCNc1cnc(Cn2ccc(=O)c3ccccc32)cn1. The van der Waals surface area contributed by atoms with Crippen molar-refractivity contribution in [3.05, 3.63) is 64.8 Å². The molecule has 0 aliphatic heterocycles. The van der Waals surface area contributed by atoms with Crippen molar-refractivity contribution in [1.82, 2.24) is 14.5 Å². The Morgan fingerprint density at radius 1 is 1.14 bits per heavy atom. The fourth-order valence-electron chi connectivity index (χ4n) is 2.28. The molecule has 0 radical (unpaired) electrons. The van der Waals surface area contributed by atoms with E-state index in [2.05, 4.69) is 15.3 Å². The zero-order chi connectivity index (χ0) is 14.7. The van der Waals surface area contributed by atoms with E-state index in [0.29, 0.717) is 6.54 Å². The number of anilines is 1. The van der Waals surface area contributed by atoms with Gasteiger partial charge in [-0.1, -0.05) is 12.1 Å². The molecule has 3 aromatic rings. The van der Waals surface area contributed by atoms with Crippen molar-refractivity contribution < 1.29 is 0 Å². The van der Waals surface area contributed by atoms with E-state index in [-0.39, 0.29) is 5.43 Å². The lowest BCUT2D eigenvalue weighted by molar-refractivity contribution is 0.791. The standard InChI is InChI=1S/C16H16N4O/c1-2-17-16-10-18-12(9-19-16)11-20-8-7-15(21)13-5-3-4-6-14(13)20/h3-10H,2,11H2,1H3,(H,17,19). The van der Waals surface area contributed by atoms with Crippen molar-refractivity contribution in [1.29, 1.82) is 0 Å². The van der Waals surface area contributed by atoms with Gasteiger partial charge in [-0.3, -0.25) is 9.78 Å². The van der Waals surface area contributed by atoms with Crippen molar-refractivity contribution in [2.24, 2.45) is 0 Å². The molecule has 0 bridgehead atoms. The Kier molecular flexibility index (Phi) is 3.64. The Labute approximate surface area is 122 Å². The normalized spacial score (nSPS) is 10.7. The lowest BCUT2D eigenvalue weighted by Gasteiger charge is -2.10. The van der Waals surface area contributed by atoms with Gasteiger partial charge >= 0.3 is 0 Å². The van der Waals surface area contributed by atoms with E-state index in [1.165, 1.54) is 0 Å². The molecule has 0 amide bonds. The molecule has 5 heteroatoms. The lowest BCUT2D eigenvalue weighted by atomic mass is 10.2. The summed E-state index contributed by atoms with van der Waals surface area (Å²) in [4.78, 5) is 20.6. The maximum Gasteiger partial charge on any atom is 0.189 e. The Hall–Kier alpha value is -2.69. The average Bonchev–Trinajstić information content (AvgIpc) is 2.52. The number of benzene rings is 1. The van der Waals surface area contributed by atoms with Gasteiger partial charge in [0.2, 0.25) is 0 Å². The second kappa shape index (κ2) is 5.75. The second-order valence-corrected chi connectivity index (χ2v) is 4.75. The van der Waals surface area contributed by atoms with Gasteiger partial charge in [-0.05, 0) is 19.1 Å². The number of pyridine rings is 1. The highest BCUT2D eigenvalue weighted by Crippen LogP contribution is 2.11.